The Hall–Kier alpha value is -2.76. The van der Waals surface area contributed by atoms with Gasteiger partial charge in [0.15, 0.2) is 18.1 Å². The average Bonchev–Trinajstić information content (AvgIpc) is 2.86. The van der Waals surface area contributed by atoms with E-state index in [-0.39, 0.29) is 23.9 Å². The number of hydrogen-bond acceptors (Lipinski definition) is 11. The predicted octanol–water partition coefficient (Wildman–Crippen LogP) is 0.480. The van der Waals surface area contributed by atoms with Crippen molar-refractivity contribution in [3.05, 3.63) is 22.1 Å². The van der Waals surface area contributed by atoms with Gasteiger partial charge in [-0.1, -0.05) is 0 Å². The lowest BCUT2D eigenvalue weighted by Crippen LogP contribution is -2.42. The van der Waals surface area contributed by atoms with Gasteiger partial charge in [-0.15, -0.1) is 0 Å². The number of rotatable bonds is 8. The molecular formula is C14H17NO10S. The van der Waals surface area contributed by atoms with Crippen molar-refractivity contribution in [1.82, 2.24) is 5.32 Å². The van der Waals surface area contributed by atoms with E-state index < -0.39 is 41.8 Å². The molecule has 1 aromatic rings. The first kappa shape index (κ1) is 21.3. The van der Waals surface area contributed by atoms with Crippen LogP contribution in [0.4, 0.5) is 4.79 Å². The van der Waals surface area contributed by atoms with E-state index in [0.717, 1.165) is 6.92 Å². The molecule has 0 bridgehead atoms. The molecular weight excluding hydrogens is 374 g/mol. The van der Waals surface area contributed by atoms with E-state index in [9.17, 15) is 24.0 Å². The largest absolute Gasteiger partial charge is 0.519 e. The lowest BCUT2D eigenvalue weighted by atomic mass is 10.3. The molecule has 0 aliphatic heterocycles. The van der Waals surface area contributed by atoms with Crippen LogP contribution in [0.5, 0.6) is 0 Å². The van der Waals surface area contributed by atoms with Crippen molar-refractivity contribution in [1.29, 1.82) is 0 Å². The third kappa shape index (κ3) is 7.88. The van der Waals surface area contributed by atoms with Crippen LogP contribution < -0.4 is 11.1 Å². The third-order valence-electron chi connectivity index (χ3n) is 2.65. The van der Waals surface area contributed by atoms with E-state index in [0.29, 0.717) is 11.8 Å². The molecule has 1 aromatic heterocycles. The van der Waals surface area contributed by atoms with Crippen LogP contribution in [0.25, 0.3) is 0 Å². The molecule has 0 aromatic carbocycles. The fourth-order valence-corrected chi connectivity index (χ4v) is 2.16. The first-order valence-corrected chi connectivity index (χ1v) is 8.13. The van der Waals surface area contributed by atoms with Gasteiger partial charge in [0.2, 0.25) is 12.7 Å². The number of nitrogens with one attached hydrogen (secondary N) is 1. The van der Waals surface area contributed by atoms with Crippen molar-refractivity contribution in [3.8, 4) is 0 Å². The van der Waals surface area contributed by atoms with Crippen molar-refractivity contribution in [3.63, 3.8) is 0 Å². The number of thioether (sulfide) groups is 1. The molecule has 1 atom stereocenters. The number of carbonyl (C=O) groups excluding carboxylic acids is 4. The highest BCUT2D eigenvalue weighted by molar-refractivity contribution is 8.13. The van der Waals surface area contributed by atoms with Crippen LogP contribution in [0.3, 0.4) is 0 Å². The average molecular weight is 391 g/mol. The van der Waals surface area contributed by atoms with Crippen LogP contribution in [0.1, 0.15) is 25.4 Å². The van der Waals surface area contributed by atoms with Gasteiger partial charge in [-0.2, -0.15) is 0 Å². The quantitative estimate of drug-likeness (QED) is 0.486. The Labute approximate surface area is 151 Å². The Kier molecular flexibility index (Phi) is 8.42. The number of carbonyl (C=O) groups is 4. The molecule has 1 heterocycles. The normalized spacial score (nSPS) is 11.3. The van der Waals surface area contributed by atoms with Crippen LogP contribution >= 0.6 is 11.8 Å². The number of ether oxygens (including phenoxy) is 3. The summed E-state index contributed by atoms with van der Waals surface area (Å²) >= 11 is 0.575. The fourth-order valence-electron chi connectivity index (χ4n) is 1.51. The Bertz CT molecular complexity index is 722. The van der Waals surface area contributed by atoms with Gasteiger partial charge in [0.1, 0.15) is 6.04 Å². The van der Waals surface area contributed by atoms with Crippen molar-refractivity contribution in [2.24, 2.45) is 0 Å². The number of amides is 1. The molecule has 0 unspecified atom stereocenters. The summed E-state index contributed by atoms with van der Waals surface area (Å²) in [4.78, 5) is 56.2. The summed E-state index contributed by atoms with van der Waals surface area (Å²) in [6.07, 6.45) is 0. The van der Waals surface area contributed by atoms with E-state index in [1.807, 2.05) is 0 Å². The van der Waals surface area contributed by atoms with Crippen LogP contribution in [0.2, 0.25) is 0 Å². The standard InChI is InChI=1S/C14H17NO10S/c1-7-11(25-13(19)24-7)4-21-12(18)10(15-8(2)16)5-26-14(20)23-6-22-9(3)17/h10H,4-6H2,1-3H3,(H,15,16)/t10-/m0/s1. The van der Waals surface area contributed by atoms with Crippen molar-refractivity contribution in [2.75, 3.05) is 12.5 Å². The van der Waals surface area contributed by atoms with E-state index in [1.165, 1.54) is 13.8 Å². The lowest BCUT2D eigenvalue weighted by molar-refractivity contribution is -0.149. The molecule has 0 saturated carbocycles. The molecule has 0 aliphatic carbocycles. The highest BCUT2D eigenvalue weighted by Crippen LogP contribution is 2.11. The molecule has 26 heavy (non-hydrogen) atoms. The van der Waals surface area contributed by atoms with Gasteiger partial charge in [-0.05, 0) is 18.7 Å². The second-order valence-corrected chi connectivity index (χ2v) is 5.71. The zero-order valence-electron chi connectivity index (χ0n) is 14.2. The summed E-state index contributed by atoms with van der Waals surface area (Å²) in [5.74, 6) is -2.94. The monoisotopic (exact) mass is 391 g/mol. The number of esters is 2. The van der Waals surface area contributed by atoms with Crippen molar-refractivity contribution in [2.45, 2.75) is 33.4 Å². The molecule has 1 amide bonds. The van der Waals surface area contributed by atoms with Gasteiger partial charge in [0, 0.05) is 19.6 Å². The molecule has 12 heteroatoms. The summed E-state index contributed by atoms with van der Waals surface area (Å²) in [7, 11) is 0. The molecule has 11 nitrogen and oxygen atoms in total. The van der Waals surface area contributed by atoms with Gasteiger partial charge >= 0.3 is 23.1 Å². The summed E-state index contributed by atoms with van der Waals surface area (Å²) in [5.41, 5.74) is 0. The smallest absolute Gasteiger partial charge is 0.456 e. The highest BCUT2D eigenvalue weighted by Gasteiger charge is 2.24. The van der Waals surface area contributed by atoms with Crippen LogP contribution in [0.15, 0.2) is 13.6 Å². The molecule has 1 N–H and O–H groups in total. The van der Waals surface area contributed by atoms with E-state index in [1.54, 1.807) is 0 Å². The maximum Gasteiger partial charge on any atom is 0.519 e. The number of hydrogen-bond donors (Lipinski definition) is 1. The maximum absolute atomic E-state index is 12.1. The predicted molar refractivity (Wildman–Crippen MR) is 85.0 cm³/mol. The van der Waals surface area contributed by atoms with Crippen molar-refractivity contribution < 1.29 is 42.2 Å². The Morgan fingerprint density at radius 3 is 2.35 bits per heavy atom. The molecule has 144 valence electrons. The first-order chi connectivity index (χ1) is 12.2. The maximum atomic E-state index is 12.1. The van der Waals surface area contributed by atoms with Crippen LogP contribution in [-0.4, -0.2) is 41.7 Å². The number of aryl methyl sites for hydroxylation is 1. The zero-order chi connectivity index (χ0) is 19.7. The summed E-state index contributed by atoms with van der Waals surface area (Å²) < 4.78 is 23.3. The molecule has 0 radical (unpaired) electrons. The molecule has 0 saturated heterocycles. The SMILES string of the molecule is CC(=O)N[C@@H](CSC(=O)OCOC(C)=O)C(=O)OCc1oc(=O)oc1C. The Morgan fingerprint density at radius 1 is 1.12 bits per heavy atom. The van der Waals surface area contributed by atoms with Gasteiger partial charge in [0.05, 0.1) is 0 Å². The second-order valence-electron chi connectivity index (χ2n) is 4.75. The fraction of sp³-hybridized carbons (Fsp3) is 0.500. The van der Waals surface area contributed by atoms with E-state index in [2.05, 4.69) is 23.6 Å². The molecule has 0 aliphatic rings. The van der Waals surface area contributed by atoms with Crippen LogP contribution in [-0.2, 0) is 35.2 Å². The summed E-state index contributed by atoms with van der Waals surface area (Å²) in [5, 5.41) is 1.51. The summed E-state index contributed by atoms with van der Waals surface area (Å²) in [6.45, 7) is 2.84. The molecule has 0 spiro atoms. The van der Waals surface area contributed by atoms with Gasteiger partial charge in [0.25, 0.3) is 0 Å². The molecule has 0 fully saturated rings. The minimum absolute atomic E-state index is 0.0263. The topological polar surface area (TPSA) is 151 Å². The van der Waals surface area contributed by atoms with E-state index >= 15 is 0 Å². The van der Waals surface area contributed by atoms with Crippen molar-refractivity contribution >= 4 is 34.9 Å². The molecule has 1 rings (SSSR count). The van der Waals surface area contributed by atoms with Gasteiger partial charge < -0.3 is 28.4 Å². The third-order valence-corrected chi connectivity index (χ3v) is 3.50. The van der Waals surface area contributed by atoms with Crippen LogP contribution in [0, 0.1) is 6.92 Å². The second kappa shape index (κ2) is 10.3. The zero-order valence-corrected chi connectivity index (χ0v) is 15.0. The minimum Gasteiger partial charge on any atom is -0.456 e. The first-order valence-electron chi connectivity index (χ1n) is 7.15. The Morgan fingerprint density at radius 2 is 1.81 bits per heavy atom. The summed E-state index contributed by atoms with van der Waals surface area (Å²) in [6, 6.07) is -1.15. The Balaban J connectivity index is 2.53. The van der Waals surface area contributed by atoms with Gasteiger partial charge in [-0.25, -0.2) is 14.4 Å². The van der Waals surface area contributed by atoms with E-state index in [4.69, 9.17) is 4.74 Å². The van der Waals surface area contributed by atoms with Gasteiger partial charge in [-0.3, -0.25) is 9.59 Å². The minimum atomic E-state index is -1.15. The highest BCUT2D eigenvalue weighted by atomic mass is 32.2. The lowest BCUT2D eigenvalue weighted by Gasteiger charge is -2.15.